The molecule has 0 aromatic rings. The molecule has 0 rings (SSSR count). The van der Waals surface area contributed by atoms with E-state index < -0.39 is 6.36 Å². The lowest BCUT2D eigenvalue weighted by atomic mass is 10.2. The first kappa shape index (κ1) is 16.6. The quantitative estimate of drug-likeness (QED) is 0.687. The average molecular weight is 272 g/mol. The van der Waals surface area contributed by atoms with Crippen molar-refractivity contribution in [2.45, 2.75) is 26.6 Å². The van der Waals surface area contributed by atoms with Crippen LogP contribution in [-0.2, 0) is 4.74 Å². The molecule has 0 aliphatic rings. The van der Waals surface area contributed by atoms with Gasteiger partial charge in [-0.05, 0) is 5.92 Å². The van der Waals surface area contributed by atoms with Crippen LogP contribution >= 0.6 is 12.2 Å². The third kappa shape index (κ3) is 11.9. The van der Waals surface area contributed by atoms with E-state index in [0.717, 1.165) is 0 Å². The Labute approximate surface area is 105 Å². The zero-order chi connectivity index (χ0) is 13.5. The van der Waals surface area contributed by atoms with Gasteiger partial charge < -0.3 is 10.6 Å². The van der Waals surface area contributed by atoms with Crippen molar-refractivity contribution in [1.82, 2.24) is 4.90 Å². The fourth-order valence-electron chi connectivity index (χ4n) is 1.37. The minimum Gasteiger partial charge on any atom is -0.393 e. The zero-order valence-corrected chi connectivity index (χ0v) is 10.9. The second-order valence-electron chi connectivity index (χ2n) is 4.20. The third-order valence-electron chi connectivity index (χ3n) is 1.97. The molecule has 0 saturated heterocycles. The van der Waals surface area contributed by atoms with Crippen molar-refractivity contribution in [3.8, 4) is 0 Å². The lowest BCUT2D eigenvalue weighted by molar-refractivity contribution is -0.325. The van der Waals surface area contributed by atoms with E-state index in [1.54, 1.807) is 0 Å². The van der Waals surface area contributed by atoms with E-state index in [2.05, 4.69) is 4.74 Å². The Hall–Kier alpha value is -0.400. The van der Waals surface area contributed by atoms with Crippen LogP contribution < -0.4 is 5.73 Å². The average Bonchev–Trinajstić information content (AvgIpc) is 2.10. The van der Waals surface area contributed by atoms with E-state index in [1.807, 2.05) is 18.7 Å². The van der Waals surface area contributed by atoms with Gasteiger partial charge in [0.05, 0.1) is 11.6 Å². The number of halogens is 3. The number of hydrogen-bond donors (Lipinski definition) is 1. The van der Waals surface area contributed by atoms with Crippen molar-refractivity contribution >= 4 is 17.2 Å². The Morgan fingerprint density at radius 3 is 2.35 bits per heavy atom. The number of rotatable bonds is 8. The number of alkyl halides is 3. The predicted molar refractivity (Wildman–Crippen MR) is 64.7 cm³/mol. The first-order valence-corrected chi connectivity index (χ1v) is 5.83. The maximum absolute atomic E-state index is 11.8. The summed E-state index contributed by atoms with van der Waals surface area (Å²) < 4.78 is 39.1. The first-order chi connectivity index (χ1) is 7.70. The lowest BCUT2D eigenvalue weighted by Crippen LogP contribution is -2.34. The number of nitrogens with two attached hydrogens (primary N) is 1. The lowest BCUT2D eigenvalue weighted by Gasteiger charge is -2.24. The summed E-state index contributed by atoms with van der Waals surface area (Å²) in [5.41, 5.74) is 5.36. The van der Waals surface area contributed by atoms with Gasteiger partial charge in [0.1, 0.15) is 0 Å². The molecule has 3 nitrogen and oxygen atoms in total. The van der Waals surface area contributed by atoms with Crippen LogP contribution in [0.3, 0.4) is 0 Å². The van der Waals surface area contributed by atoms with Crippen LogP contribution in [0.15, 0.2) is 0 Å². The topological polar surface area (TPSA) is 38.5 Å². The van der Waals surface area contributed by atoms with Gasteiger partial charge in [0, 0.05) is 26.1 Å². The monoisotopic (exact) mass is 272 g/mol. The number of hydrogen-bond acceptors (Lipinski definition) is 3. The molecular weight excluding hydrogens is 253 g/mol. The summed E-state index contributed by atoms with van der Waals surface area (Å²) in [6, 6.07) is 0. The van der Waals surface area contributed by atoms with E-state index in [-0.39, 0.29) is 13.2 Å². The number of nitrogens with zero attached hydrogens (tertiary/aromatic N) is 1. The molecule has 0 unspecified atom stereocenters. The van der Waals surface area contributed by atoms with Crippen LogP contribution in [0, 0.1) is 5.92 Å². The van der Waals surface area contributed by atoms with Gasteiger partial charge in [-0.3, -0.25) is 4.74 Å². The molecule has 0 radical (unpaired) electrons. The molecule has 0 fully saturated rings. The Balaban J connectivity index is 3.97. The molecule has 0 atom stereocenters. The first-order valence-electron chi connectivity index (χ1n) is 5.42. The van der Waals surface area contributed by atoms with E-state index in [0.29, 0.717) is 30.4 Å². The Morgan fingerprint density at radius 1 is 1.35 bits per heavy atom. The Bertz CT molecular complexity index is 234. The Morgan fingerprint density at radius 2 is 1.94 bits per heavy atom. The summed E-state index contributed by atoms with van der Waals surface area (Å²) in [6.07, 6.45) is -4.05. The molecule has 0 aromatic carbocycles. The van der Waals surface area contributed by atoms with Crippen LogP contribution in [-0.4, -0.2) is 42.5 Å². The van der Waals surface area contributed by atoms with Gasteiger partial charge in [0.25, 0.3) is 0 Å². The van der Waals surface area contributed by atoms with Gasteiger partial charge in [0.15, 0.2) is 0 Å². The Kier molecular flexibility index (Phi) is 7.65. The maximum Gasteiger partial charge on any atom is 0.522 e. The molecule has 17 heavy (non-hydrogen) atoms. The highest BCUT2D eigenvalue weighted by atomic mass is 32.1. The standard InChI is InChI=1S/C10H19F3N2OS/c1-8(2)7-15(4-3-9(14)17)5-6-16-10(11,12)13/h8H,3-7H2,1-2H3,(H2,14,17). The van der Waals surface area contributed by atoms with Crippen molar-refractivity contribution in [3.05, 3.63) is 0 Å². The zero-order valence-electron chi connectivity index (χ0n) is 10.1. The second kappa shape index (κ2) is 7.84. The molecule has 0 aromatic heterocycles. The molecule has 0 bridgehead atoms. The third-order valence-corrected chi connectivity index (χ3v) is 2.18. The highest BCUT2D eigenvalue weighted by Gasteiger charge is 2.28. The minimum absolute atomic E-state index is 0.223. The van der Waals surface area contributed by atoms with Crippen LogP contribution in [0.2, 0.25) is 0 Å². The van der Waals surface area contributed by atoms with Crippen LogP contribution in [0.25, 0.3) is 0 Å². The highest BCUT2D eigenvalue weighted by Crippen LogP contribution is 2.15. The molecule has 0 spiro atoms. The van der Waals surface area contributed by atoms with Gasteiger partial charge in [-0.15, -0.1) is 13.2 Å². The molecule has 0 amide bonds. The minimum atomic E-state index is -4.56. The molecule has 102 valence electrons. The summed E-state index contributed by atoms with van der Waals surface area (Å²) in [6.45, 7) is 5.11. The normalized spacial score (nSPS) is 12.4. The van der Waals surface area contributed by atoms with Gasteiger partial charge in [-0.25, -0.2) is 0 Å². The van der Waals surface area contributed by atoms with Crippen molar-refractivity contribution in [3.63, 3.8) is 0 Å². The number of thiocarbonyl (C=S) groups is 1. The van der Waals surface area contributed by atoms with Crippen molar-refractivity contribution in [1.29, 1.82) is 0 Å². The van der Waals surface area contributed by atoms with Gasteiger partial charge in [-0.1, -0.05) is 26.1 Å². The summed E-state index contributed by atoms with van der Waals surface area (Å²) in [7, 11) is 0. The molecule has 0 saturated carbocycles. The highest BCUT2D eigenvalue weighted by molar-refractivity contribution is 7.80. The maximum atomic E-state index is 11.8. The number of ether oxygens (including phenoxy) is 1. The summed E-state index contributed by atoms with van der Waals surface area (Å²) in [5, 5.41) is 0. The van der Waals surface area contributed by atoms with Crippen LogP contribution in [0.5, 0.6) is 0 Å². The molecule has 0 aliphatic carbocycles. The van der Waals surface area contributed by atoms with Crippen LogP contribution in [0.4, 0.5) is 13.2 Å². The second-order valence-corrected chi connectivity index (χ2v) is 4.73. The van der Waals surface area contributed by atoms with Crippen molar-refractivity contribution in [2.75, 3.05) is 26.2 Å². The molecule has 0 heterocycles. The molecule has 0 aliphatic heterocycles. The molecule has 7 heteroatoms. The van der Waals surface area contributed by atoms with Gasteiger partial charge in [0.2, 0.25) is 0 Å². The summed E-state index contributed by atoms with van der Waals surface area (Å²) in [5.74, 6) is 0.368. The van der Waals surface area contributed by atoms with E-state index in [4.69, 9.17) is 18.0 Å². The van der Waals surface area contributed by atoms with Gasteiger partial charge in [-0.2, -0.15) is 0 Å². The summed E-state index contributed by atoms with van der Waals surface area (Å²) >= 11 is 4.74. The van der Waals surface area contributed by atoms with Crippen molar-refractivity contribution in [2.24, 2.45) is 11.7 Å². The summed E-state index contributed by atoms with van der Waals surface area (Å²) in [4.78, 5) is 2.24. The van der Waals surface area contributed by atoms with Gasteiger partial charge >= 0.3 is 6.36 Å². The molecular formula is C10H19F3N2OS. The van der Waals surface area contributed by atoms with Crippen molar-refractivity contribution < 1.29 is 17.9 Å². The predicted octanol–water partition coefficient (Wildman–Crippen LogP) is 2.16. The molecule has 2 N–H and O–H groups in total. The van der Waals surface area contributed by atoms with E-state index in [1.165, 1.54) is 0 Å². The fraction of sp³-hybridized carbons (Fsp3) is 0.900. The van der Waals surface area contributed by atoms with E-state index in [9.17, 15) is 13.2 Å². The van der Waals surface area contributed by atoms with E-state index >= 15 is 0 Å². The SMILES string of the molecule is CC(C)CN(CCOC(F)(F)F)CCC(N)=S. The van der Waals surface area contributed by atoms with Crippen LogP contribution in [0.1, 0.15) is 20.3 Å². The largest absolute Gasteiger partial charge is 0.522 e. The smallest absolute Gasteiger partial charge is 0.393 e. The fourth-order valence-corrected chi connectivity index (χ4v) is 1.46.